The molecule has 0 N–H and O–H groups in total. The highest BCUT2D eigenvalue weighted by Gasteiger charge is 2.39. The molecule has 4 aromatic rings. The van der Waals surface area contributed by atoms with Gasteiger partial charge in [0.1, 0.15) is 0 Å². The van der Waals surface area contributed by atoms with E-state index in [4.69, 9.17) is 0 Å². The molecule has 0 aliphatic carbocycles. The summed E-state index contributed by atoms with van der Waals surface area (Å²) in [7, 11) is 0. The van der Waals surface area contributed by atoms with Crippen molar-refractivity contribution < 1.29 is 14.5 Å². The molecule has 5 rings (SSSR count). The van der Waals surface area contributed by atoms with Crippen LogP contribution in [0, 0.1) is 10.1 Å². The Morgan fingerprint density at radius 2 is 1.50 bits per heavy atom. The number of benzene rings is 4. The lowest BCUT2D eigenvalue weighted by molar-refractivity contribution is -0.384. The van der Waals surface area contributed by atoms with Gasteiger partial charge >= 0.3 is 0 Å². The first-order valence-electron chi connectivity index (χ1n) is 13.5. The van der Waals surface area contributed by atoms with Gasteiger partial charge in [0.25, 0.3) is 17.5 Å². The van der Waals surface area contributed by atoms with Crippen LogP contribution in [0.5, 0.6) is 0 Å². The van der Waals surface area contributed by atoms with Gasteiger partial charge < -0.3 is 9.80 Å². The molecule has 0 unspecified atom stereocenters. The first-order chi connectivity index (χ1) is 19.4. The average Bonchev–Trinajstić information content (AvgIpc) is 2.98. The lowest BCUT2D eigenvalue weighted by Gasteiger charge is -2.43. The van der Waals surface area contributed by atoms with E-state index in [2.05, 4.69) is 6.92 Å². The van der Waals surface area contributed by atoms with Crippen LogP contribution in [0.25, 0.3) is 0 Å². The molecular weight excluding hydrogens is 502 g/mol. The van der Waals surface area contributed by atoms with Crippen molar-refractivity contribution in [3.63, 3.8) is 0 Å². The van der Waals surface area contributed by atoms with Gasteiger partial charge in [0.15, 0.2) is 0 Å². The molecule has 0 spiro atoms. The van der Waals surface area contributed by atoms with Gasteiger partial charge in [-0.25, -0.2) is 0 Å². The molecule has 2 atom stereocenters. The quantitative estimate of drug-likeness (QED) is 0.183. The number of non-ortho nitro benzene ring substituents is 1. The number of para-hydroxylation sites is 2. The summed E-state index contributed by atoms with van der Waals surface area (Å²) < 4.78 is 0. The largest absolute Gasteiger partial charge is 0.305 e. The molecule has 0 radical (unpaired) electrons. The average molecular weight is 534 g/mol. The fourth-order valence-electron chi connectivity index (χ4n) is 5.47. The number of amides is 2. The number of anilines is 2. The maximum Gasteiger partial charge on any atom is 0.269 e. The molecule has 4 aromatic carbocycles. The summed E-state index contributed by atoms with van der Waals surface area (Å²) in [6.45, 7) is 4.14. The van der Waals surface area contributed by atoms with E-state index in [0.717, 1.165) is 24.1 Å². The topological polar surface area (TPSA) is 83.8 Å². The lowest BCUT2D eigenvalue weighted by atomic mass is 9.89. The van der Waals surface area contributed by atoms with Gasteiger partial charge in [-0.1, -0.05) is 61.9 Å². The summed E-state index contributed by atoms with van der Waals surface area (Å²) in [5.41, 5.74) is 4.46. The number of nitro groups is 1. The van der Waals surface area contributed by atoms with E-state index in [9.17, 15) is 19.7 Å². The summed E-state index contributed by atoms with van der Waals surface area (Å²) in [4.78, 5) is 42.1. The predicted molar refractivity (Wildman–Crippen MR) is 157 cm³/mol. The molecule has 1 aliphatic rings. The van der Waals surface area contributed by atoms with Gasteiger partial charge in [0.2, 0.25) is 0 Å². The molecule has 0 bridgehead atoms. The minimum absolute atomic E-state index is 0.0728. The summed E-state index contributed by atoms with van der Waals surface area (Å²) in [6.07, 6.45) is 2.53. The second kappa shape index (κ2) is 11.5. The van der Waals surface area contributed by atoms with E-state index < -0.39 is 4.92 Å². The van der Waals surface area contributed by atoms with Crippen LogP contribution in [0.4, 0.5) is 17.1 Å². The number of fused-ring (bicyclic) bond motifs is 1. The first-order valence-corrected chi connectivity index (χ1v) is 13.5. The van der Waals surface area contributed by atoms with Gasteiger partial charge in [-0.2, -0.15) is 0 Å². The van der Waals surface area contributed by atoms with Crippen LogP contribution in [0.2, 0.25) is 0 Å². The van der Waals surface area contributed by atoms with Crippen LogP contribution in [-0.4, -0.2) is 22.8 Å². The van der Waals surface area contributed by atoms with Crippen molar-refractivity contribution in [3.8, 4) is 0 Å². The van der Waals surface area contributed by atoms with Crippen LogP contribution in [-0.2, 0) is 6.42 Å². The van der Waals surface area contributed by atoms with Crippen molar-refractivity contribution in [1.29, 1.82) is 0 Å². The number of rotatable bonds is 7. The van der Waals surface area contributed by atoms with Crippen LogP contribution >= 0.6 is 0 Å². The molecule has 0 saturated carbocycles. The molecule has 1 heterocycles. The van der Waals surface area contributed by atoms with Crippen LogP contribution in [0.3, 0.4) is 0 Å². The highest BCUT2D eigenvalue weighted by atomic mass is 16.6. The Bertz CT molecular complexity index is 1520. The second-order valence-electron chi connectivity index (χ2n) is 10.1. The van der Waals surface area contributed by atoms with Gasteiger partial charge in [-0.3, -0.25) is 19.7 Å². The molecule has 1 aliphatic heterocycles. The van der Waals surface area contributed by atoms with Crippen molar-refractivity contribution in [1.82, 2.24) is 0 Å². The Morgan fingerprint density at radius 1 is 0.875 bits per heavy atom. The zero-order valence-electron chi connectivity index (χ0n) is 22.6. The third kappa shape index (κ3) is 5.23. The fraction of sp³-hybridized carbons (Fsp3) is 0.212. The summed E-state index contributed by atoms with van der Waals surface area (Å²) in [6, 6.07) is 30.1. The minimum atomic E-state index is -0.481. The second-order valence-corrected chi connectivity index (χ2v) is 10.1. The Labute approximate surface area is 233 Å². The molecule has 0 aromatic heterocycles. The van der Waals surface area contributed by atoms with Crippen LogP contribution in [0.15, 0.2) is 103 Å². The summed E-state index contributed by atoms with van der Waals surface area (Å²) in [5.74, 6) is -0.339. The number of nitro benzene ring substituents is 1. The Balaban J connectivity index is 1.55. The Morgan fingerprint density at radius 3 is 2.15 bits per heavy atom. The van der Waals surface area contributed by atoms with Crippen LogP contribution in [0.1, 0.15) is 64.6 Å². The minimum Gasteiger partial charge on any atom is -0.305 e. The predicted octanol–water partition coefficient (Wildman–Crippen LogP) is 7.37. The molecule has 0 fully saturated rings. The van der Waals surface area contributed by atoms with Crippen LogP contribution < -0.4 is 9.80 Å². The van der Waals surface area contributed by atoms with E-state index in [0.29, 0.717) is 23.2 Å². The molecule has 40 heavy (non-hydrogen) atoms. The third-order valence-corrected chi connectivity index (χ3v) is 7.41. The zero-order chi connectivity index (χ0) is 28.2. The lowest BCUT2D eigenvalue weighted by Crippen LogP contribution is -2.47. The van der Waals surface area contributed by atoms with E-state index in [-0.39, 0.29) is 29.6 Å². The monoisotopic (exact) mass is 533 g/mol. The number of aryl methyl sites for hydroxylation is 1. The van der Waals surface area contributed by atoms with E-state index in [1.807, 2.05) is 90.7 Å². The zero-order valence-corrected chi connectivity index (χ0v) is 22.6. The summed E-state index contributed by atoms with van der Waals surface area (Å²) in [5, 5.41) is 11.2. The molecular formula is C33H31N3O4. The molecule has 7 nitrogen and oxygen atoms in total. The Kier molecular flexibility index (Phi) is 7.73. The highest BCUT2D eigenvalue weighted by molar-refractivity contribution is 6.09. The molecule has 0 saturated heterocycles. The van der Waals surface area contributed by atoms with Crippen molar-refractivity contribution >= 4 is 28.9 Å². The fourth-order valence-corrected chi connectivity index (χ4v) is 5.47. The SMILES string of the molecule is CCCc1ccc(C(=O)N2c3ccccc3[C@H](N(C(=O)c3ccc([N+](=O)[O-])cc3)c3ccccc3)C[C@H]2C)cc1. The maximum atomic E-state index is 14.0. The maximum absolute atomic E-state index is 14.0. The normalized spacial score (nSPS) is 16.2. The van der Waals surface area contributed by atoms with Crippen molar-refractivity contribution in [3.05, 3.63) is 135 Å². The van der Waals surface area contributed by atoms with E-state index in [1.165, 1.54) is 29.8 Å². The number of hydrogen-bond donors (Lipinski definition) is 0. The van der Waals surface area contributed by atoms with Crippen molar-refractivity contribution in [2.75, 3.05) is 9.80 Å². The molecule has 7 heteroatoms. The van der Waals surface area contributed by atoms with Crippen molar-refractivity contribution in [2.24, 2.45) is 0 Å². The highest BCUT2D eigenvalue weighted by Crippen LogP contribution is 2.43. The number of hydrogen-bond acceptors (Lipinski definition) is 4. The number of carbonyl (C=O) groups excluding carboxylic acids is 2. The van der Waals surface area contributed by atoms with Crippen molar-refractivity contribution in [2.45, 2.75) is 45.2 Å². The smallest absolute Gasteiger partial charge is 0.269 e. The Hall–Kier alpha value is -4.78. The van der Waals surface area contributed by atoms with Gasteiger partial charge in [-0.05, 0) is 73.4 Å². The standard InChI is InChI=1S/C33H31N3O4/c1-3-9-24-14-16-25(17-15-24)32(37)34-23(2)22-31(29-12-7-8-13-30(29)34)35(27-10-5-4-6-11-27)33(38)26-18-20-28(21-19-26)36(39)40/h4-8,10-21,23,31H,3,9,22H2,1-2H3/t23-,31-/m1/s1. The molecule has 2 amide bonds. The number of carbonyl (C=O) groups is 2. The van der Waals surface area contributed by atoms with E-state index >= 15 is 0 Å². The first kappa shape index (κ1) is 26.8. The van der Waals surface area contributed by atoms with E-state index in [1.54, 1.807) is 4.90 Å². The van der Waals surface area contributed by atoms with Gasteiger partial charge in [0.05, 0.1) is 11.0 Å². The number of nitrogens with zero attached hydrogens (tertiary/aromatic N) is 3. The summed E-state index contributed by atoms with van der Waals surface area (Å²) >= 11 is 0. The van der Waals surface area contributed by atoms with Gasteiger partial charge in [0, 0.05) is 40.7 Å². The van der Waals surface area contributed by atoms with Gasteiger partial charge in [-0.15, -0.1) is 0 Å². The molecule has 202 valence electrons. The third-order valence-electron chi connectivity index (χ3n) is 7.41.